The lowest BCUT2D eigenvalue weighted by molar-refractivity contribution is 0.0934. The molecule has 2 heteroatoms. The third-order valence-corrected chi connectivity index (χ3v) is 3.99. The van der Waals surface area contributed by atoms with E-state index in [9.17, 15) is 5.11 Å². The van der Waals surface area contributed by atoms with Crippen molar-refractivity contribution in [3.63, 3.8) is 0 Å². The summed E-state index contributed by atoms with van der Waals surface area (Å²) < 4.78 is 0. The first-order chi connectivity index (χ1) is 8.22. The van der Waals surface area contributed by atoms with Crippen molar-refractivity contribution < 1.29 is 5.11 Å². The number of aliphatic hydroxyl groups excluding tert-OH is 1. The van der Waals surface area contributed by atoms with Crippen LogP contribution >= 0.6 is 0 Å². The highest BCUT2D eigenvalue weighted by Gasteiger charge is 2.24. The Morgan fingerprint density at radius 3 is 2.88 bits per heavy atom. The fourth-order valence-electron chi connectivity index (χ4n) is 2.85. The van der Waals surface area contributed by atoms with Gasteiger partial charge in [0.2, 0.25) is 0 Å². The molecule has 1 aromatic carbocycles. The maximum absolute atomic E-state index is 9.29. The summed E-state index contributed by atoms with van der Waals surface area (Å²) in [5.74, 6) is 0.468. The van der Waals surface area contributed by atoms with Gasteiger partial charge < -0.3 is 5.11 Å². The van der Waals surface area contributed by atoms with E-state index in [-0.39, 0.29) is 0 Å². The maximum Gasteiger partial charge on any atom is 0.0471 e. The van der Waals surface area contributed by atoms with Crippen molar-refractivity contribution in [1.82, 2.24) is 4.90 Å². The van der Waals surface area contributed by atoms with E-state index >= 15 is 0 Å². The van der Waals surface area contributed by atoms with Gasteiger partial charge in [0, 0.05) is 19.2 Å². The van der Waals surface area contributed by atoms with Crippen LogP contribution in [0, 0.1) is 12.8 Å². The molecule has 1 aliphatic heterocycles. The average molecular weight is 233 g/mol. The van der Waals surface area contributed by atoms with E-state index in [4.69, 9.17) is 0 Å². The van der Waals surface area contributed by atoms with Crippen LogP contribution in [0.4, 0.5) is 0 Å². The Morgan fingerprint density at radius 2 is 2.18 bits per heavy atom. The Kier molecular flexibility index (Phi) is 4.19. The zero-order valence-electron chi connectivity index (χ0n) is 10.9. The van der Waals surface area contributed by atoms with Gasteiger partial charge >= 0.3 is 0 Å². The van der Waals surface area contributed by atoms with Crippen molar-refractivity contribution >= 4 is 0 Å². The van der Waals surface area contributed by atoms with Crippen LogP contribution in [0.1, 0.15) is 36.9 Å². The fraction of sp³-hybridized carbons (Fsp3) is 0.600. The highest BCUT2D eigenvalue weighted by atomic mass is 16.3. The molecule has 1 N–H and O–H groups in total. The third-order valence-electron chi connectivity index (χ3n) is 3.99. The summed E-state index contributed by atoms with van der Waals surface area (Å²) >= 11 is 0. The standard InChI is InChI=1S/C15H23NO/c1-12-6-3-4-8-15(12)13(2)16-9-5-7-14(10-16)11-17/h3-4,6,8,13-14,17H,5,7,9-11H2,1-2H3. The minimum absolute atomic E-state index is 0.330. The highest BCUT2D eigenvalue weighted by molar-refractivity contribution is 5.28. The van der Waals surface area contributed by atoms with E-state index in [2.05, 4.69) is 43.0 Å². The summed E-state index contributed by atoms with van der Waals surface area (Å²) in [4.78, 5) is 2.51. The van der Waals surface area contributed by atoms with Crippen molar-refractivity contribution in [3.05, 3.63) is 35.4 Å². The third kappa shape index (κ3) is 2.88. The smallest absolute Gasteiger partial charge is 0.0471 e. The quantitative estimate of drug-likeness (QED) is 0.867. The van der Waals surface area contributed by atoms with E-state index in [1.807, 2.05) is 0 Å². The number of likely N-dealkylation sites (tertiary alicyclic amines) is 1. The van der Waals surface area contributed by atoms with Gasteiger partial charge in [0.05, 0.1) is 0 Å². The fourth-order valence-corrected chi connectivity index (χ4v) is 2.85. The zero-order valence-corrected chi connectivity index (χ0v) is 10.9. The van der Waals surface area contributed by atoms with Crippen LogP contribution in [0.25, 0.3) is 0 Å². The van der Waals surface area contributed by atoms with E-state index in [0.717, 1.165) is 13.1 Å². The Morgan fingerprint density at radius 1 is 1.41 bits per heavy atom. The highest BCUT2D eigenvalue weighted by Crippen LogP contribution is 2.27. The first-order valence-electron chi connectivity index (χ1n) is 6.63. The molecule has 1 fully saturated rings. The predicted octanol–water partition coefficient (Wildman–Crippen LogP) is 2.76. The summed E-state index contributed by atoms with van der Waals surface area (Å²) in [6.07, 6.45) is 2.38. The summed E-state index contributed by atoms with van der Waals surface area (Å²) in [6, 6.07) is 9.08. The van der Waals surface area contributed by atoms with Crippen LogP contribution in [-0.4, -0.2) is 29.7 Å². The van der Waals surface area contributed by atoms with Gasteiger partial charge in [-0.3, -0.25) is 4.90 Å². The van der Waals surface area contributed by atoms with Crippen molar-refractivity contribution in [1.29, 1.82) is 0 Å². The molecular weight excluding hydrogens is 210 g/mol. The number of piperidine rings is 1. The molecule has 17 heavy (non-hydrogen) atoms. The van der Waals surface area contributed by atoms with Gasteiger partial charge in [-0.05, 0) is 50.3 Å². The number of hydrogen-bond acceptors (Lipinski definition) is 2. The number of rotatable bonds is 3. The largest absolute Gasteiger partial charge is 0.396 e. The van der Waals surface area contributed by atoms with Crippen LogP contribution in [0.2, 0.25) is 0 Å². The summed E-state index contributed by atoms with van der Waals surface area (Å²) in [7, 11) is 0. The van der Waals surface area contributed by atoms with Crippen LogP contribution < -0.4 is 0 Å². The maximum atomic E-state index is 9.29. The minimum Gasteiger partial charge on any atom is -0.396 e. The first-order valence-corrected chi connectivity index (χ1v) is 6.63. The first kappa shape index (κ1) is 12.6. The molecule has 0 amide bonds. The molecule has 0 bridgehead atoms. The summed E-state index contributed by atoms with van der Waals surface area (Å²) in [5, 5.41) is 9.29. The lowest BCUT2D eigenvalue weighted by Gasteiger charge is -2.36. The molecule has 0 aromatic heterocycles. The lowest BCUT2D eigenvalue weighted by Crippen LogP contribution is -2.38. The molecule has 0 aliphatic carbocycles. The topological polar surface area (TPSA) is 23.5 Å². The SMILES string of the molecule is Cc1ccccc1C(C)N1CCCC(CO)C1. The zero-order chi connectivity index (χ0) is 12.3. The second-order valence-corrected chi connectivity index (χ2v) is 5.22. The second kappa shape index (κ2) is 5.65. The van der Waals surface area contributed by atoms with E-state index in [1.165, 1.54) is 24.0 Å². The van der Waals surface area contributed by atoms with Gasteiger partial charge in [-0.2, -0.15) is 0 Å². The van der Waals surface area contributed by atoms with Crippen LogP contribution in [0.3, 0.4) is 0 Å². The van der Waals surface area contributed by atoms with Crippen molar-refractivity contribution in [2.75, 3.05) is 19.7 Å². The molecule has 2 rings (SSSR count). The Balaban J connectivity index is 2.09. The molecule has 1 heterocycles. The van der Waals surface area contributed by atoms with E-state index in [0.29, 0.717) is 18.6 Å². The average Bonchev–Trinajstić information content (AvgIpc) is 2.38. The molecule has 0 saturated carbocycles. The Bertz CT molecular complexity index is 364. The number of aliphatic hydroxyl groups is 1. The monoisotopic (exact) mass is 233 g/mol. The second-order valence-electron chi connectivity index (χ2n) is 5.22. The number of benzene rings is 1. The molecule has 1 aliphatic rings. The van der Waals surface area contributed by atoms with Crippen LogP contribution in [0.15, 0.2) is 24.3 Å². The normalized spacial score (nSPS) is 23.6. The summed E-state index contributed by atoms with van der Waals surface area (Å²) in [6.45, 7) is 6.98. The number of nitrogens with zero attached hydrogens (tertiary/aromatic N) is 1. The van der Waals surface area contributed by atoms with Gasteiger partial charge in [-0.1, -0.05) is 24.3 Å². The van der Waals surface area contributed by atoms with E-state index < -0.39 is 0 Å². The van der Waals surface area contributed by atoms with Crippen LogP contribution in [0.5, 0.6) is 0 Å². The van der Waals surface area contributed by atoms with Gasteiger partial charge in [0.25, 0.3) is 0 Å². The van der Waals surface area contributed by atoms with Gasteiger partial charge in [-0.15, -0.1) is 0 Å². The minimum atomic E-state index is 0.330. The van der Waals surface area contributed by atoms with Crippen molar-refractivity contribution in [3.8, 4) is 0 Å². The number of aryl methyl sites for hydroxylation is 1. The molecule has 2 nitrogen and oxygen atoms in total. The molecular formula is C15H23NO. The molecule has 2 unspecified atom stereocenters. The molecule has 94 valence electrons. The molecule has 2 atom stereocenters. The molecule has 1 saturated heterocycles. The molecule has 1 aromatic rings. The Labute approximate surface area is 104 Å². The predicted molar refractivity (Wildman–Crippen MR) is 71.0 cm³/mol. The lowest BCUT2D eigenvalue weighted by atomic mass is 9.94. The number of hydrogen-bond donors (Lipinski definition) is 1. The van der Waals surface area contributed by atoms with Crippen molar-refractivity contribution in [2.45, 2.75) is 32.7 Å². The van der Waals surface area contributed by atoms with Gasteiger partial charge in [-0.25, -0.2) is 0 Å². The summed E-state index contributed by atoms with van der Waals surface area (Å²) in [5.41, 5.74) is 2.79. The Hall–Kier alpha value is -0.860. The van der Waals surface area contributed by atoms with Crippen molar-refractivity contribution in [2.24, 2.45) is 5.92 Å². The molecule has 0 spiro atoms. The van der Waals surface area contributed by atoms with Crippen LogP contribution in [-0.2, 0) is 0 Å². The molecule has 0 radical (unpaired) electrons. The van der Waals surface area contributed by atoms with Gasteiger partial charge in [0.1, 0.15) is 0 Å². The van der Waals surface area contributed by atoms with E-state index in [1.54, 1.807) is 0 Å². The van der Waals surface area contributed by atoms with Gasteiger partial charge in [0.15, 0.2) is 0 Å².